The van der Waals surface area contributed by atoms with Crippen molar-refractivity contribution in [2.45, 2.75) is 59.1 Å². The molecule has 1 aromatic rings. The van der Waals surface area contributed by atoms with E-state index in [1.165, 1.54) is 0 Å². The molecule has 0 bridgehead atoms. The zero-order valence-electron chi connectivity index (χ0n) is 17.0. The summed E-state index contributed by atoms with van der Waals surface area (Å²) in [5, 5.41) is 0. The van der Waals surface area contributed by atoms with E-state index in [0.717, 1.165) is 37.6 Å². The Balaban J connectivity index is 1.97. The molecule has 7 heteroatoms. The molecule has 0 N–H and O–H groups in total. The first-order valence-corrected chi connectivity index (χ1v) is 9.53. The summed E-state index contributed by atoms with van der Waals surface area (Å²) in [5.41, 5.74) is -0.452. The third-order valence-electron chi connectivity index (χ3n) is 4.75. The first-order chi connectivity index (χ1) is 12.2. The van der Waals surface area contributed by atoms with Crippen LogP contribution in [0.25, 0.3) is 0 Å². The summed E-state index contributed by atoms with van der Waals surface area (Å²) in [4.78, 5) is 27.3. The monoisotopic (exact) mass is 363 g/mol. The van der Waals surface area contributed by atoms with Gasteiger partial charge in [-0.3, -0.25) is 0 Å². The molecule has 7 nitrogen and oxygen atoms in total. The maximum Gasteiger partial charge on any atom is 0.410 e. The van der Waals surface area contributed by atoms with E-state index >= 15 is 0 Å². The number of piperidine rings is 1. The molecule has 1 saturated heterocycles. The van der Waals surface area contributed by atoms with Gasteiger partial charge < -0.3 is 19.4 Å². The van der Waals surface area contributed by atoms with Gasteiger partial charge in [-0.05, 0) is 47.5 Å². The maximum atomic E-state index is 12.2. The second kappa shape index (κ2) is 8.56. The number of nitrogens with zero attached hydrogens (tertiary/aromatic N) is 5. The number of hydrogen-bond donors (Lipinski definition) is 0. The summed E-state index contributed by atoms with van der Waals surface area (Å²) in [6.45, 7) is 13.2. The van der Waals surface area contributed by atoms with Crippen molar-refractivity contribution in [1.82, 2.24) is 14.9 Å². The van der Waals surface area contributed by atoms with Gasteiger partial charge in [-0.25, -0.2) is 14.8 Å². The molecule has 0 aromatic carbocycles. The highest BCUT2D eigenvalue weighted by Crippen LogP contribution is 2.24. The van der Waals surface area contributed by atoms with Crippen LogP contribution in [0.15, 0.2) is 12.4 Å². The van der Waals surface area contributed by atoms with Gasteiger partial charge in [0.15, 0.2) is 0 Å². The lowest BCUT2D eigenvalue weighted by atomic mass is 10.0. The van der Waals surface area contributed by atoms with E-state index in [-0.39, 0.29) is 6.09 Å². The van der Waals surface area contributed by atoms with Crippen molar-refractivity contribution in [3.05, 3.63) is 12.4 Å². The van der Waals surface area contributed by atoms with Crippen LogP contribution in [0.2, 0.25) is 0 Å². The highest BCUT2D eigenvalue weighted by atomic mass is 16.6. The quantitative estimate of drug-likeness (QED) is 0.801. The zero-order chi connectivity index (χ0) is 19.3. The third-order valence-corrected chi connectivity index (χ3v) is 4.75. The minimum absolute atomic E-state index is 0.218. The average molecular weight is 364 g/mol. The van der Waals surface area contributed by atoms with Crippen LogP contribution < -0.4 is 9.80 Å². The Kier molecular flexibility index (Phi) is 6.67. The van der Waals surface area contributed by atoms with Crippen molar-refractivity contribution in [1.29, 1.82) is 0 Å². The average Bonchev–Trinajstić information content (AvgIpc) is 2.61. The van der Waals surface area contributed by atoms with Crippen molar-refractivity contribution in [2.24, 2.45) is 0 Å². The molecule has 2 rings (SSSR count). The van der Waals surface area contributed by atoms with Crippen LogP contribution in [0, 0.1) is 0 Å². The van der Waals surface area contributed by atoms with Crippen LogP contribution >= 0.6 is 0 Å². The molecule has 1 aliphatic heterocycles. The van der Waals surface area contributed by atoms with Gasteiger partial charge in [0, 0.05) is 45.3 Å². The van der Waals surface area contributed by atoms with E-state index in [9.17, 15) is 4.79 Å². The number of carbonyl (C=O) groups is 1. The lowest BCUT2D eigenvalue weighted by Crippen LogP contribution is -2.47. The Bertz CT molecular complexity index is 590. The topological polar surface area (TPSA) is 61.8 Å². The molecule has 1 aliphatic rings. The molecular formula is C19H33N5O2. The molecular weight excluding hydrogens is 330 g/mol. The van der Waals surface area contributed by atoms with E-state index in [4.69, 9.17) is 4.74 Å². The minimum Gasteiger partial charge on any atom is -0.444 e. The van der Waals surface area contributed by atoms with E-state index in [1.54, 1.807) is 11.2 Å². The number of anilines is 2. The fourth-order valence-corrected chi connectivity index (χ4v) is 3.20. The Morgan fingerprint density at radius 1 is 1.19 bits per heavy atom. The van der Waals surface area contributed by atoms with E-state index in [0.29, 0.717) is 19.1 Å². The Morgan fingerprint density at radius 3 is 2.31 bits per heavy atom. The van der Waals surface area contributed by atoms with Gasteiger partial charge in [0.1, 0.15) is 23.6 Å². The predicted octanol–water partition coefficient (Wildman–Crippen LogP) is 3.16. The number of rotatable bonds is 5. The molecule has 0 saturated carbocycles. The molecule has 0 atom stereocenters. The van der Waals surface area contributed by atoms with Crippen molar-refractivity contribution in [3.8, 4) is 0 Å². The summed E-state index contributed by atoms with van der Waals surface area (Å²) >= 11 is 0. The van der Waals surface area contributed by atoms with Gasteiger partial charge in [0.25, 0.3) is 0 Å². The fraction of sp³-hybridized carbons (Fsp3) is 0.737. The zero-order valence-corrected chi connectivity index (χ0v) is 17.0. The highest BCUT2D eigenvalue weighted by molar-refractivity contribution is 5.68. The van der Waals surface area contributed by atoms with Crippen molar-refractivity contribution < 1.29 is 9.53 Å². The summed E-state index contributed by atoms with van der Waals surface area (Å²) in [7, 11) is 2.07. The fourth-order valence-electron chi connectivity index (χ4n) is 3.20. The van der Waals surface area contributed by atoms with Crippen LogP contribution in [-0.4, -0.2) is 65.8 Å². The number of hydrogen-bond acceptors (Lipinski definition) is 6. The predicted molar refractivity (Wildman–Crippen MR) is 105 cm³/mol. The van der Waals surface area contributed by atoms with Crippen LogP contribution in [0.1, 0.15) is 47.5 Å². The molecule has 0 radical (unpaired) electrons. The molecule has 146 valence electrons. The summed E-state index contributed by atoms with van der Waals surface area (Å²) < 4.78 is 5.47. The molecule has 1 aromatic heterocycles. The largest absolute Gasteiger partial charge is 0.444 e. The minimum atomic E-state index is -0.452. The number of carbonyl (C=O) groups excluding carboxylic acids is 1. The third kappa shape index (κ3) is 5.22. The van der Waals surface area contributed by atoms with Gasteiger partial charge in [0.2, 0.25) is 0 Å². The first kappa shape index (κ1) is 20.3. The number of ether oxygens (including phenoxy) is 1. The van der Waals surface area contributed by atoms with Crippen molar-refractivity contribution in [3.63, 3.8) is 0 Å². The van der Waals surface area contributed by atoms with Gasteiger partial charge in [0.05, 0.1) is 0 Å². The Labute approximate surface area is 157 Å². The second-order valence-corrected chi connectivity index (χ2v) is 7.72. The standard InChI is InChI=1S/C19H33N5O2/c1-7-23(8-2)17-13-16(20-14-21-17)22(6)15-9-11-24(12-10-15)18(25)26-19(3,4)5/h13-15H,7-12H2,1-6H3. The lowest BCUT2D eigenvalue weighted by Gasteiger charge is -2.37. The van der Waals surface area contributed by atoms with E-state index in [2.05, 4.69) is 40.7 Å². The SMILES string of the molecule is CCN(CC)c1cc(N(C)C2CCN(C(=O)OC(C)(C)C)CC2)ncn1. The number of aromatic nitrogens is 2. The lowest BCUT2D eigenvalue weighted by molar-refractivity contribution is 0.0205. The molecule has 1 fully saturated rings. The van der Waals surface area contributed by atoms with Crippen LogP contribution in [-0.2, 0) is 4.74 Å². The van der Waals surface area contributed by atoms with Crippen LogP contribution in [0.3, 0.4) is 0 Å². The van der Waals surface area contributed by atoms with Gasteiger partial charge in [-0.2, -0.15) is 0 Å². The van der Waals surface area contributed by atoms with Crippen molar-refractivity contribution >= 4 is 17.7 Å². The Hall–Kier alpha value is -2.05. The molecule has 26 heavy (non-hydrogen) atoms. The van der Waals surface area contributed by atoms with Gasteiger partial charge in [-0.1, -0.05) is 0 Å². The normalized spacial score (nSPS) is 15.7. The molecule has 0 spiro atoms. The van der Waals surface area contributed by atoms with E-state index < -0.39 is 5.60 Å². The van der Waals surface area contributed by atoms with Gasteiger partial charge in [-0.15, -0.1) is 0 Å². The van der Waals surface area contributed by atoms with E-state index in [1.807, 2.05) is 26.8 Å². The van der Waals surface area contributed by atoms with Crippen LogP contribution in [0.5, 0.6) is 0 Å². The van der Waals surface area contributed by atoms with Crippen LogP contribution in [0.4, 0.5) is 16.4 Å². The number of amides is 1. The highest BCUT2D eigenvalue weighted by Gasteiger charge is 2.29. The smallest absolute Gasteiger partial charge is 0.410 e. The summed E-state index contributed by atoms with van der Waals surface area (Å²) in [5.74, 6) is 1.88. The summed E-state index contributed by atoms with van der Waals surface area (Å²) in [6, 6.07) is 2.40. The maximum absolute atomic E-state index is 12.2. The van der Waals surface area contributed by atoms with Gasteiger partial charge >= 0.3 is 6.09 Å². The molecule has 0 aliphatic carbocycles. The molecule has 0 unspecified atom stereocenters. The second-order valence-electron chi connectivity index (χ2n) is 7.72. The summed E-state index contributed by atoms with van der Waals surface area (Å²) in [6.07, 6.45) is 3.22. The first-order valence-electron chi connectivity index (χ1n) is 9.53. The Morgan fingerprint density at radius 2 is 1.77 bits per heavy atom. The van der Waals surface area contributed by atoms with Crippen molar-refractivity contribution in [2.75, 3.05) is 43.0 Å². The number of likely N-dealkylation sites (tertiary alicyclic amines) is 1. The molecule has 2 heterocycles. The molecule has 1 amide bonds.